The number of para-hydroxylation sites is 1. The Morgan fingerprint density at radius 2 is 1.94 bits per heavy atom. The quantitative estimate of drug-likeness (QED) is 0.417. The van der Waals surface area contributed by atoms with Crippen molar-refractivity contribution in [1.82, 2.24) is 9.97 Å². The van der Waals surface area contributed by atoms with E-state index in [1.165, 1.54) is 23.3 Å². The highest BCUT2D eigenvalue weighted by Crippen LogP contribution is 2.30. The van der Waals surface area contributed by atoms with Gasteiger partial charge in [-0.15, -0.1) is 0 Å². The molecule has 2 unspecified atom stereocenters. The van der Waals surface area contributed by atoms with Crippen molar-refractivity contribution >= 4 is 49.3 Å². The smallest absolute Gasteiger partial charge is 0.264 e. The first-order chi connectivity index (χ1) is 15.9. The minimum absolute atomic E-state index is 0.0994. The summed E-state index contributed by atoms with van der Waals surface area (Å²) in [6.45, 7) is 8.55. The minimum atomic E-state index is -0.238. The van der Waals surface area contributed by atoms with E-state index in [1.54, 1.807) is 0 Å². The number of thiazole rings is 1. The van der Waals surface area contributed by atoms with Crippen LogP contribution in [0.3, 0.4) is 0 Å². The van der Waals surface area contributed by atoms with Gasteiger partial charge < -0.3 is 9.64 Å². The molecule has 1 amide bonds. The number of piperidine rings is 1. The predicted molar refractivity (Wildman–Crippen MR) is 135 cm³/mol. The zero-order valence-electron chi connectivity index (χ0n) is 19.2. The van der Waals surface area contributed by atoms with E-state index >= 15 is 0 Å². The Balaban J connectivity index is 1.31. The van der Waals surface area contributed by atoms with E-state index < -0.39 is 0 Å². The SMILES string of the molecule is Cc1ccc2nc(NC(=O)COc3cccc4ccc(N5CC(C)CC(C)C5)nc34)sc2c1. The van der Waals surface area contributed by atoms with Gasteiger partial charge >= 0.3 is 0 Å². The highest BCUT2D eigenvalue weighted by atomic mass is 32.1. The second-order valence-corrected chi connectivity index (χ2v) is 10.2. The summed E-state index contributed by atoms with van der Waals surface area (Å²) >= 11 is 1.47. The number of ether oxygens (including phenoxy) is 1. The molecule has 33 heavy (non-hydrogen) atoms. The monoisotopic (exact) mass is 460 g/mol. The van der Waals surface area contributed by atoms with Crippen LogP contribution in [-0.2, 0) is 4.79 Å². The molecule has 2 aromatic carbocycles. The molecule has 0 aliphatic carbocycles. The number of nitrogens with one attached hydrogen (secondary N) is 1. The third-order valence-corrected chi connectivity index (χ3v) is 6.94. The molecule has 2 atom stereocenters. The number of carbonyl (C=O) groups excluding carboxylic acids is 1. The molecule has 1 aliphatic rings. The number of aryl methyl sites for hydroxylation is 1. The van der Waals surface area contributed by atoms with Gasteiger partial charge in [-0.25, -0.2) is 9.97 Å². The molecule has 0 saturated carbocycles. The molecule has 7 heteroatoms. The molecule has 4 aromatic rings. The third kappa shape index (κ3) is 4.78. The van der Waals surface area contributed by atoms with Gasteiger partial charge in [-0.05, 0) is 61.1 Å². The van der Waals surface area contributed by atoms with Crippen LogP contribution >= 0.6 is 11.3 Å². The normalized spacial score (nSPS) is 18.6. The standard InChI is InChI=1S/C26H28N4O2S/c1-16-7-9-20-22(12-16)33-26(27-20)29-24(31)15-32-21-6-4-5-19-8-10-23(28-25(19)21)30-13-17(2)11-18(3)14-30/h4-10,12,17-18H,11,13-15H2,1-3H3,(H,27,29,31). The van der Waals surface area contributed by atoms with E-state index in [0.29, 0.717) is 22.7 Å². The lowest BCUT2D eigenvalue weighted by Gasteiger charge is -2.35. The molecule has 1 fully saturated rings. The molecule has 170 valence electrons. The zero-order valence-corrected chi connectivity index (χ0v) is 20.0. The number of hydrogen-bond donors (Lipinski definition) is 1. The van der Waals surface area contributed by atoms with Crippen LogP contribution in [0.2, 0.25) is 0 Å². The number of benzene rings is 2. The molecular weight excluding hydrogens is 432 g/mol. The molecule has 3 heterocycles. The van der Waals surface area contributed by atoms with Crippen LogP contribution in [0.4, 0.5) is 10.9 Å². The van der Waals surface area contributed by atoms with E-state index in [1.807, 2.05) is 37.3 Å². The minimum Gasteiger partial charge on any atom is -0.481 e. The maximum absolute atomic E-state index is 12.6. The third-order valence-electron chi connectivity index (χ3n) is 6.01. The van der Waals surface area contributed by atoms with Crippen molar-refractivity contribution in [2.45, 2.75) is 27.2 Å². The fourth-order valence-electron chi connectivity index (χ4n) is 4.64. The Kier molecular flexibility index (Phi) is 5.89. The van der Waals surface area contributed by atoms with E-state index in [0.717, 1.165) is 40.0 Å². The predicted octanol–water partition coefficient (Wildman–Crippen LogP) is 5.65. The summed E-state index contributed by atoms with van der Waals surface area (Å²) in [4.78, 5) is 24.3. The summed E-state index contributed by atoms with van der Waals surface area (Å²) in [7, 11) is 0. The van der Waals surface area contributed by atoms with Crippen LogP contribution in [0.5, 0.6) is 5.75 Å². The number of nitrogens with zero attached hydrogens (tertiary/aromatic N) is 3. The maximum atomic E-state index is 12.6. The Morgan fingerprint density at radius 3 is 2.76 bits per heavy atom. The number of amides is 1. The van der Waals surface area contributed by atoms with E-state index in [2.05, 4.69) is 47.2 Å². The molecule has 6 nitrogen and oxygen atoms in total. The van der Waals surface area contributed by atoms with E-state index in [-0.39, 0.29) is 12.5 Å². The fourth-order valence-corrected chi connectivity index (χ4v) is 5.62. The van der Waals surface area contributed by atoms with Gasteiger partial charge in [-0.1, -0.05) is 43.4 Å². The van der Waals surface area contributed by atoms with Crippen molar-refractivity contribution in [2.24, 2.45) is 11.8 Å². The molecule has 1 aliphatic heterocycles. The maximum Gasteiger partial charge on any atom is 0.264 e. The van der Waals surface area contributed by atoms with Gasteiger partial charge in [0.25, 0.3) is 5.91 Å². The Labute approximate surface area is 197 Å². The second-order valence-electron chi connectivity index (χ2n) is 9.18. The first kappa shape index (κ1) is 21.6. The van der Waals surface area contributed by atoms with E-state index in [9.17, 15) is 4.79 Å². The second kappa shape index (κ2) is 8.98. The van der Waals surface area contributed by atoms with Crippen molar-refractivity contribution in [1.29, 1.82) is 0 Å². The number of carbonyl (C=O) groups is 1. The topological polar surface area (TPSA) is 67.3 Å². The average molecular weight is 461 g/mol. The number of fused-ring (bicyclic) bond motifs is 2. The summed E-state index contributed by atoms with van der Waals surface area (Å²) in [6.07, 6.45) is 1.25. The van der Waals surface area contributed by atoms with Gasteiger partial charge in [-0.3, -0.25) is 10.1 Å². The number of pyridine rings is 1. The lowest BCUT2D eigenvalue weighted by molar-refractivity contribution is -0.118. The fraction of sp³-hybridized carbons (Fsp3) is 0.346. The zero-order chi connectivity index (χ0) is 22.9. The first-order valence-corrected chi connectivity index (χ1v) is 12.2. The summed E-state index contributed by atoms with van der Waals surface area (Å²) in [5.41, 5.74) is 2.83. The van der Waals surface area contributed by atoms with Crippen LogP contribution in [-0.4, -0.2) is 35.6 Å². The van der Waals surface area contributed by atoms with Crippen LogP contribution in [0.15, 0.2) is 48.5 Å². The van der Waals surface area contributed by atoms with Crippen molar-refractivity contribution in [2.75, 3.05) is 29.9 Å². The average Bonchev–Trinajstić information content (AvgIpc) is 3.17. The number of aromatic nitrogens is 2. The number of rotatable bonds is 5. The van der Waals surface area contributed by atoms with Gasteiger partial charge in [0, 0.05) is 18.5 Å². The van der Waals surface area contributed by atoms with Crippen molar-refractivity contribution in [3.05, 3.63) is 54.1 Å². The van der Waals surface area contributed by atoms with Gasteiger partial charge in [0.05, 0.1) is 10.2 Å². The Hall–Kier alpha value is -3.19. The summed E-state index contributed by atoms with van der Waals surface area (Å²) in [5.74, 6) is 2.63. The number of anilines is 2. The first-order valence-electron chi connectivity index (χ1n) is 11.4. The van der Waals surface area contributed by atoms with Gasteiger partial charge in [0.1, 0.15) is 17.1 Å². The molecule has 5 rings (SSSR count). The highest BCUT2D eigenvalue weighted by molar-refractivity contribution is 7.22. The van der Waals surface area contributed by atoms with Crippen LogP contribution in [0, 0.1) is 18.8 Å². The summed E-state index contributed by atoms with van der Waals surface area (Å²) < 4.78 is 6.97. The van der Waals surface area contributed by atoms with Crippen molar-refractivity contribution in [3.63, 3.8) is 0 Å². The Morgan fingerprint density at radius 1 is 1.12 bits per heavy atom. The van der Waals surface area contributed by atoms with Crippen LogP contribution in [0.1, 0.15) is 25.8 Å². The molecule has 2 aromatic heterocycles. The molecule has 0 radical (unpaired) electrons. The highest BCUT2D eigenvalue weighted by Gasteiger charge is 2.23. The molecule has 1 N–H and O–H groups in total. The van der Waals surface area contributed by atoms with Gasteiger partial charge in [-0.2, -0.15) is 0 Å². The van der Waals surface area contributed by atoms with Gasteiger partial charge in [0.2, 0.25) is 0 Å². The summed E-state index contributed by atoms with van der Waals surface area (Å²) in [5, 5.41) is 4.43. The van der Waals surface area contributed by atoms with Crippen LogP contribution < -0.4 is 15.0 Å². The summed E-state index contributed by atoms with van der Waals surface area (Å²) in [6, 6.07) is 16.0. The van der Waals surface area contributed by atoms with Crippen molar-refractivity contribution in [3.8, 4) is 5.75 Å². The Bertz CT molecular complexity index is 1310. The molecular formula is C26H28N4O2S. The van der Waals surface area contributed by atoms with E-state index in [4.69, 9.17) is 9.72 Å². The van der Waals surface area contributed by atoms with Crippen LogP contribution in [0.25, 0.3) is 21.1 Å². The lowest BCUT2D eigenvalue weighted by atomic mass is 9.92. The van der Waals surface area contributed by atoms with Crippen molar-refractivity contribution < 1.29 is 9.53 Å². The lowest BCUT2D eigenvalue weighted by Crippen LogP contribution is -2.39. The molecule has 1 saturated heterocycles. The largest absolute Gasteiger partial charge is 0.481 e. The molecule has 0 bridgehead atoms. The number of hydrogen-bond acceptors (Lipinski definition) is 6. The molecule has 0 spiro atoms. The van der Waals surface area contributed by atoms with Gasteiger partial charge in [0.15, 0.2) is 11.7 Å².